The summed E-state index contributed by atoms with van der Waals surface area (Å²) in [5.41, 5.74) is -3.60. The third-order valence-electron chi connectivity index (χ3n) is 8.49. The molecule has 9 nitrogen and oxygen atoms in total. The third-order valence-corrected chi connectivity index (χ3v) is 8.49. The Morgan fingerprint density at radius 2 is 1.80 bits per heavy atom. The number of nitrogens with one attached hydrogen (secondary N) is 2. The van der Waals surface area contributed by atoms with Crippen LogP contribution in [0.15, 0.2) is 78.9 Å². The van der Waals surface area contributed by atoms with Crippen LogP contribution in [0.3, 0.4) is 0 Å². The molecule has 0 radical (unpaired) electrons. The van der Waals surface area contributed by atoms with Gasteiger partial charge >= 0.3 is 6.18 Å². The topological polar surface area (TPSA) is 119 Å². The minimum absolute atomic E-state index is 0.0182. The standard InChI is InChI=1S/C36H35F4N3O6/c1-22(23-7-5-4-6-8-23)43-34(2)21-49-32-27(34)18-30(42-31(32)24-9-12-26(37)13-10-24)35(20-45,36(38,39)40)19-41-33(46)25-11-14-28(48-16-15-44)29(17-25)47-3/h4-14,17-18,20,22,43-44H,15-16,19,21H2,1-3H3,(H,41,46)/t22-,34+,35-/m0/s1. The Hall–Kier alpha value is -5.01. The van der Waals surface area contributed by atoms with Crippen LogP contribution in [0.4, 0.5) is 17.6 Å². The number of benzene rings is 3. The Bertz CT molecular complexity index is 1810. The normalized spacial score (nSPS) is 17.3. The van der Waals surface area contributed by atoms with Gasteiger partial charge in [-0.25, -0.2) is 9.37 Å². The highest BCUT2D eigenvalue weighted by molar-refractivity contribution is 5.95. The highest BCUT2D eigenvalue weighted by atomic mass is 19.4. The number of halogens is 4. The second-order valence-electron chi connectivity index (χ2n) is 11.8. The number of hydrogen-bond donors (Lipinski definition) is 3. The maximum Gasteiger partial charge on any atom is 0.408 e. The molecule has 13 heteroatoms. The second-order valence-corrected chi connectivity index (χ2v) is 11.8. The van der Waals surface area contributed by atoms with E-state index in [1.807, 2.05) is 37.3 Å². The summed E-state index contributed by atoms with van der Waals surface area (Å²) in [5.74, 6) is -0.979. The van der Waals surface area contributed by atoms with Crippen molar-refractivity contribution in [3.05, 3.63) is 107 Å². The summed E-state index contributed by atoms with van der Waals surface area (Å²) < 4.78 is 76.1. The zero-order chi connectivity index (χ0) is 35.4. The van der Waals surface area contributed by atoms with Gasteiger partial charge < -0.3 is 29.4 Å². The average molecular weight is 682 g/mol. The van der Waals surface area contributed by atoms with Crippen molar-refractivity contribution in [1.82, 2.24) is 15.6 Å². The summed E-state index contributed by atoms with van der Waals surface area (Å²) in [6.45, 7) is 2.19. The molecule has 0 unspecified atom stereocenters. The first kappa shape index (κ1) is 35.3. The van der Waals surface area contributed by atoms with Crippen LogP contribution in [0.25, 0.3) is 11.3 Å². The minimum Gasteiger partial charge on any atom is -0.493 e. The lowest BCUT2D eigenvalue weighted by molar-refractivity contribution is -0.186. The summed E-state index contributed by atoms with van der Waals surface area (Å²) >= 11 is 0. The molecule has 1 aliphatic rings. The van der Waals surface area contributed by atoms with E-state index < -0.39 is 41.1 Å². The minimum atomic E-state index is -5.22. The van der Waals surface area contributed by atoms with Gasteiger partial charge in [-0.2, -0.15) is 13.2 Å². The fourth-order valence-electron chi connectivity index (χ4n) is 5.75. The molecule has 3 aromatic carbocycles. The van der Waals surface area contributed by atoms with E-state index in [1.54, 1.807) is 6.92 Å². The number of pyridine rings is 1. The molecular weight excluding hydrogens is 646 g/mol. The first-order valence-corrected chi connectivity index (χ1v) is 15.4. The number of hydrogen-bond acceptors (Lipinski definition) is 8. The van der Waals surface area contributed by atoms with Gasteiger partial charge in [0.15, 0.2) is 22.7 Å². The molecule has 2 heterocycles. The van der Waals surface area contributed by atoms with Gasteiger partial charge in [-0.05, 0) is 67.9 Å². The quantitative estimate of drug-likeness (QED) is 0.122. The number of aliphatic hydroxyl groups is 1. The number of aldehydes is 1. The molecule has 49 heavy (non-hydrogen) atoms. The van der Waals surface area contributed by atoms with Crippen molar-refractivity contribution in [1.29, 1.82) is 0 Å². The monoisotopic (exact) mass is 681 g/mol. The number of aliphatic hydroxyl groups excluding tert-OH is 1. The Morgan fingerprint density at radius 1 is 1.08 bits per heavy atom. The Kier molecular flexibility index (Phi) is 10.2. The fraction of sp³-hybridized carbons (Fsp3) is 0.306. The fourth-order valence-corrected chi connectivity index (χ4v) is 5.75. The molecule has 1 aromatic heterocycles. The third kappa shape index (κ3) is 7.08. The van der Waals surface area contributed by atoms with Crippen LogP contribution < -0.4 is 24.8 Å². The van der Waals surface area contributed by atoms with Crippen molar-refractivity contribution < 1.29 is 46.5 Å². The zero-order valence-electron chi connectivity index (χ0n) is 26.9. The average Bonchev–Trinajstić information content (AvgIpc) is 3.42. The summed E-state index contributed by atoms with van der Waals surface area (Å²) in [6, 6.07) is 19.3. The number of alkyl halides is 3. The summed E-state index contributed by atoms with van der Waals surface area (Å²) in [5, 5.41) is 14.8. The molecule has 0 bridgehead atoms. The van der Waals surface area contributed by atoms with Gasteiger partial charge in [0, 0.05) is 29.3 Å². The molecule has 5 rings (SSSR count). The molecule has 0 aliphatic carbocycles. The van der Waals surface area contributed by atoms with E-state index in [4.69, 9.17) is 19.3 Å². The molecule has 0 saturated carbocycles. The summed E-state index contributed by atoms with van der Waals surface area (Å²) in [7, 11) is 1.31. The van der Waals surface area contributed by atoms with Gasteiger partial charge in [-0.15, -0.1) is 0 Å². The van der Waals surface area contributed by atoms with Gasteiger partial charge in [0.25, 0.3) is 5.91 Å². The lowest BCUT2D eigenvalue weighted by Crippen LogP contribution is -2.53. The molecule has 3 N–H and O–H groups in total. The lowest BCUT2D eigenvalue weighted by Gasteiger charge is -2.33. The van der Waals surface area contributed by atoms with Crippen LogP contribution in [0.5, 0.6) is 17.2 Å². The van der Waals surface area contributed by atoms with Gasteiger partial charge in [-0.3, -0.25) is 10.1 Å². The molecule has 4 aromatic rings. The Balaban J connectivity index is 1.58. The number of fused-ring (bicyclic) bond motifs is 1. The number of amides is 1. The van der Waals surface area contributed by atoms with Crippen molar-refractivity contribution in [3.63, 3.8) is 0 Å². The van der Waals surface area contributed by atoms with Crippen LogP contribution in [0.2, 0.25) is 0 Å². The number of methoxy groups -OCH3 is 1. The Labute approximate surface area is 280 Å². The van der Waals surface area contributed by atoms with Crippen molar-refractivity contribution in [3.8, 4) is 28.5 Å². The largest absolute Gasteiger partial charge is 0.493 e. The summed E-state index contributed by atoms with van der Waals surface area (Å²) in [6.07, 6.45) is -5.49. The number of carbonyl (C=O) groups excluding carboxylic acids is 2. The van der Waals surface area contributed by atoms with Gasteiger partial charge in [0.2, 0.25) is 0 Å². The molecule has 0 fully saturated rings. The van der Waals surface area contributed by atoms with E-state index in [9.17, 15) is 14.0 Å². The molecule has 0 spiro atoms. The number of nitrogens with zero attached hydrogens (tertiary/aromatic N) is 1. The second kappa shape index (κ2) is 14.2. The SMILES string of the molecule is COc1cc(C(=O)NC[C@](C=O)(c2cc3c(c(-c4ccc(F)cc4)n2)OC[C@@]3(C)N[C@@H](C)c2ccccc2)C(F)(F)F)ccc1OCCO. The molecule has 1 amide bonds. The van der Waals surface area contributed by atoms with Crippen LogP contribution in [-0.2, 0) is 15.7 Å². The van der Waals surface area contributed by atoms with Crippen LogP contribution >= 0.6 is 0 Å². The summed E-state index contributed by atoms with van der Waals surface area (Å²) in [4.78, 5) is 30.3. The molecule has 258 valence electrons. The van der Waals surface area contributed by atoms with E-state index in [0.717, 1.165) is 17.7 Å². The first-order chi connectivity index (χ1) is 23.4. The van der Waals surface area contributed by atoms with Gasteiger partial charge in [0.1, 0.15) is 31.0 Å². The maximum atomic E-state index is 15.2. The maximum absolute atomic E-state index is 15.2. The van der Waals surface area contributed by atoms with Gasteiger partial charge in [0.05, 0.1) is 24.9 Å². The molecular formula is C36H35F4N3O6. The van der Waals surface area contributed by atoms with Crippen molar-refractivity contribution >= 4 is 12.2 Å². The molecule has 1 aliphatic heterocycles. The van der Waals surface area contributed by atoms with E-state index in [2.05, 4.69) is 15.6 Å². The van der Waals surface area contributed by atoms with E-state index in [0.29, 0.717) is 5.56 Å². The van der Waals surface area contributed by atoms with Crippen LogP contribution in [-0.4, -0.2) is 61.9 Å². The molecule has 3 atom stereocenters. The molecule has 0 saturated heterocycles. The highest BCUT2D eigenvalue weighted by Gasteiger charge is 2.58. The first-order valence-electron chi connectivity index (χ1n) is 15.4. The van der Waals surface area contributed by atoms with Gasteiger partial charge in [-0.1, -0.05) is 30.3 Å². The van der Waals surface area contributed by atoms with Crippen LogP contribution in [0.1, 0.15) is 47.1 Å². The predicted octanol–water partition coefficient (Wildman–Crippen LogP) is 5.65. The van der Waals surface area contributed by atoms with Crippen molar-refractivity contribution in [2.45, 2.75) is 37.0 Å². The highest BCUT2D eigenvalue weighted by Crippen LogP contribution is 2.48. The Morgan fingerprint density at radius 3 is 2.43 bits per heavy atom. The zero-order valence-corrected chi connectivity index (χ0v) is 26.9. The predicted molar refractivity (Wildman–Crippen MR) is 172 cm³/mol. The van der Waals surface area contributed by atoms with Crippen LogP contribution in [0, 0.1) is 5.82 Å². The number of rotatable bonds is 13. The van der Waals surface area contributed by atoms with E-state index in [1.165, 1.54) is 43.5 Å². The van der Waals surface area contributed by atoms with E-state index in [-0.39, 0.29) is 66.2 Å². The van der Waals surface area contributed by atoms with Crippen molar-refractivity contribution in [2.75, 3.05) is 33.5 Å². The van der Waals surface area contributed by atoms with E-state index >= 15 is 13.2 Å². The van der Waals surface area contributed by atoms with Crippen molar-refractivity contribution in [2.24, 2.45) is 0 Å². The number of ether oxygens (including phenoxy) is 3. The number of carbonyl (C=O) groups is 2. The number of aromatic nitrogens is 1. The smallest absolute Gasteiger partial charge is 0.408 e. The lowest BCUT2D eigenvalue weighted by atomic mass is 9.81.